The number of fused-ring (bicyclic) bond motifs is 3. The molecule has 24 heavy (non-hydrogen) atoms. The number of ether oxygens (including phenoxy) is 1. The number of morpholine rings is 1. The number of carboxylic acid groups (broad SMARTS) is 1. The zero-order valence-electron chi connectivity index (χ0n) is 13.2. The van der Waals surface area contributed by atoms with Crippen molar-refractivity contribution in [1.82, 2.24) is 4.90 Å². The fourth-order valence-electron chi connectivity index (χ4n) is 3.97. The van der Waals surface area contributed by atoms with Crippen molar-refractivity contribution in [2.24, 2.45) is 5.92 Å². The summed E-state index contributed by atoms with van der Waals surface area (Å²) in [5.74, 6) is -1.24. The lowest BCUT2D eigenvalue weighted by Gasteiger charge is -2.39. The minimum Gasteiger partial charge on any atom is -0.548 e. The fourth-order valence-corrected chi connectivity index (χ4v) is 3.97. The Morgan fingerprint density at radius 1 is 1.25 bits per heavy atom. The van der Waals surface area contributed by atoms with E-state index in [0.29, 0.717) is 44.0 Å². The van der Waals surface area contributed by atoms with Crippen molar-refractivity contribution >= 4 is 17.6 Å². The highest BCUT2D eigenvalue weighted by atomic mass is 16.5. The van der Waals surface area contributed by atoms with Gasteiger partial charge in [-0.25, -0.2) is 0 Å². The summed E-state index contributed by atoms with van der Waals surface area (Å²) < 4.78 is 5.30. The smallest absolute Gasteiger partial charge is 0.256 e. The third-order valence-electron chi connectivity index (χ3n) is 5.18. The van der Waals surface area contributed by atoms with Crippen molar-refractivity contribution in [3.05, 3.63) is 41.5 Å². The maximum atomic E-state index is 12.9. The number of aliphatic carboxylic acids is 1. The van der Waals surface area contributed by atoms with E-state index in [1.807, 2.05) is 24.3 Å². The second kappa shape index (κ2) is 5.94. The normalized spacial score (nSPS) is 28.0. The van der Waals surface area contributed by atoms with E-state index in [-0.39, 0.29) is 17.7 Å². The van der Waals surface area contributed by atoms with Gasteiger partial charge in [0, 0.05) is 19.0 Å². The molecule has 126 valence electrons. The summed E-state index contributed by atoms with van der Waals surface area (Å²) in [6, 6.07) is 4.82. The standard InChI is InChI=1S/C18H20N2O4/c21-17(20-7-9-24-10-8-20)14-6-2-4-12-11-3-1-5-13(11)16(18(22)23)19-15(12)14/h1-4,6,11,13,16,19H,5,7-10H2,(H,22,23)/p-1/t11-,13-,16-/m0/s1. The number of carbonyl (C=O) groups excluding carboxylic acids is 2. The van der Waals surface area contributed by atoms with E-state index in [2.05, 4.69) is 5.32 Å². The molecule has 0 bridgehead atoms. The van der Waals surface area contributed by atoms with E-state index in [1.54, 1.807) is 11.0 Å². The van der Waals surface area contributed by atoms with Crippen molar-refractivity contribution in [3.8, 4) is 0 Å². The van der Waals surface area contributed by atoms with Crippen molar-refractivity contribution in [2.75, 3.05) is 31.6 Å². The lowest BCUT2D eigenvalue weighted by Crippen LogP contribution is -2.49. The molecule has 0 aromatic heterocycles. The number of amides is 1. The molecule has 3 atom stereocenters. The van der Waals surface area contributed by atoms with Crippen LogP contribution < -0.4 is 10.4 Å². The SMILES string of the molecule is O=C([O-])[C@H]1Nc2c(C(=O)N3CCOCC3)cccc2[C@@H]2C=CC[C@H]12. The highest BCUT2D eigenvalue weighted by Crippen LogP contribution is 2.45. The first kappa shape index (κ1) is 15.2. The lowest BCUT2D eigenvalue weighted by atomic mass is 9.78. The van der Waals surface area contributed by atoms with E-state index >= 15 is 0 Å². The van der Waals surface area contributed by atoms with Gasteiger partial charge in [-0.1, -0.05) is 24.3 Å². The molecular formula is C18H19N2O4-. The number of benzene rings is 1. The van der Waals surface area contributed by atoms with Crippen LogP contribution >= 0.6 is 0 Å². The molecule has 0 spiro atoms. The summed E-state index contributed by atoms with van der Waals surface area (Å²) in [5.41, 5.74) is 2.15. The number of hydrogen-bond acceptors (Lipinski definition) is 5. The average molecular weight is 327 g/mol. The molecule has 1 amide bonds. The molecule has 1 aliphatic carbocycles. The summed E-state index contributed by atoms with van der Waals surface area (Å²) >= 11 is 0. The Bertz CT molecular complexity index is 709. The molecule has 6 heteroatoms. The summed E-state index contributed by atoms with van der Waals surface area (Å²) in [7, 11) is 0. The maximum absolute atomic E-state index is 12.9. The van der Waals surface area contributed by atoms with Crippen LogP contribution in [0.5, 0.6) is 0 Å². The van der Waals surface area contributed by atoms with Gasteiger partial charge in [0.2, 0.25) is 0 Å². The van der Waals surface area contributed by atoms with Crippen LogP contribution in [0, 0.1) is 5.92 Å². The molecule has 1 fully saturated rings. The molecular weight excluding hydrogens is 308 g/mol. The molecule has 2 aliphatic heterocycles. The first-order valence-electron chi connectivity index (χ1n) is 8.31. The second-order valence-corrected chi connectivity index (χ2v) is 6.47. The number of para-hydroxylation sites is 1. The van der Waals surface area contributed by atoms with E-state index in [1.165, 1.54) is 0 Å². The zero-order valence-corrected chi connectivity index (χ0v) is 13.2. The molecule has 2 heterocycles. The Kier molecular flexibility index (Phi) is 3.76. The van der Waals surface area contributed by atoms with Gasteiger partial charge in [-0.3, -0.25) is 4.79 Å². The molecule has 3 aliphatic rings. The van der Waals surface area contributed by atoms with Crippen LogP contribution in [0.4, 0.5) is 5.69 Å². The summed E-state index contributed by atoms with van der Waals surface area (Å²) in [5, 5.41) is 14.7. The third kappa shape index (κ3) is 2.38. The van der Waals surface area contributed by atoms with Crippen LogP contribution in [0.2, 0.25) is 0 Å². The van der Waals surface area contributed by atoms with Gasteiger partial charge in [0.15, 0.2) is 0 Å². The van der Waals surface area contributed by atoms with E-state index in [0.717, 1.165) is 5.56 Å². The van der Waals surface area contributed by atoms with Crippen molar-refractivity contribution in [3.63, 3.8) is 0 Å². The van der Waals surface area contributed by atoms with Gasteiger partial charge in [-0.15, -0.1) is 0 Å². The molecule has 0 unspecified atom stereocenters. The van der Waals surface area contributed by atoms with Crippen LogP contribution in [0.3, 0.4) is 0 Å². The quantitative estimate of drug-likeness (QED) is 0.793. The number of carboxylic acids is 1. The van der Waals surface area contributed by atoms with Gasteiger partial charge in [0.05, 0.1) is 36.5 Å². The molecule has 1 aromatic rings. The van der Waals surface area contributed by atoms with Crippen LogP contribution in [-0.2, 0) is 9.53 Å². The second-order valence-electron chi connectivity index (χ2n) is 6.47. The number of nitrogens with zero attached hydrogens (tertiary/aromatic N) is 1. The van der Waals surface area contributed by atoms with Crippen LogP contribution in [0.1, 0.15) is 28.3 Å². The topological polar surface area (TPSA) is 81.7 Å². The van der Waals surface area contributed by atoms with Crippen LogP contribution in [0.25, 0.3) is 0 Å². The Morgan fingerprint density at radius 3 is 2.79 bits per heavy atom. The summed E-state index contributed by atoms with van der Waals surface area (Å²) in [6.07, 6.45) is 4.76. The van der Waals surface area contributed by atoms with Crippen molar-refractivity contribution in [1.29, 1.82) is 0 Å². The van der Waals surface area contributed by atoms with Gasteiger partial charge in [0.1, 0.15) is 0 Å². The monoisotopic (exact) mass is 327 g/mol. The Morgan fingerprint density at radius 2 is 2.04 bits per heavy atom. The summed E-state index contributed by atoms with van der Waals surface area (Å²) in [6.45, 7) is 2.17. The molecule has 1 aromatic carbocycles. The Hall–Kier alpha value is -2.34. The first-order chi connectivity index (χ1) is 11.7. The first-order valence-corrected chi connectivity index (χ1v) is 8.31. The van der Waals surface area contributed by atoms with E-state index in [4.69, 9.17) is 4.74 Å². The number of rotatable bonds is 2. The zero-order chi connectivity index (χ0) is 16.7. The van der Waals surface area contributed by atoms with Gasteiger partial charge >= 0.3 is 0 Å². The van der Waals surface area contributed by atoms with Crippen LogP contribution in [-0.4, -0.2) is 49.1 Å². The number of nitrogens with one attached hydrogen (secondary N) is 1. The minimum absolute atomic E-state index is 0.0154. The van der Waals surface area contributed by atoms with Gasteiger partial charge in [0.25, 0.3) is 5.91 Å². The largest absolute Gasteiger partial charge is 0.548 e. The third-order valence-corrected chi connectivity index (χ3v) is 5.18. The number of allylic oxidation sites excluding steroid dienone is 2. The lowest BCUT2D eigenvalue weighted by molar-refractivity contribution is -0.308. The number of hydrogen-bond donors (Lipinski definition) is 1. The molecule has 4 rings (SSSR count). The fraction of sp³-hybridized carbons (Fsp3) is 0.444. The van der Waals surface area contributed by atoms with E-state index in [9.17, 15) is 14.7 Å². The van der Waals surface area contributed by atoms with Gasteiger partial charge < -0.3 is 24.9 Å². The molecule has 0 saturated carbocycles. The van der Waals surface area contributed by atoms with Crippen molar-refractivity contribution < 1.29 is 19.4 Å². The minimum atomic E-state index is -1.12. The summed E-state index contributed by atoms with van der Waals surface area (Å²) in [4.78, 5) is 26.2. The molecule has 6 nitrogen and oxygen atoms in total. The highest BCUT2D eigenvalue weighted by molar-refractivity contribution is 6.01. The molecule has 1 saturated heterocycles. The number of anilines is 1. The number of carbonyl (C=O) groups is 2. The average Bonchev–Trinajstić information content (AvgIpc) is 3.10. The Balaban J connectivity index is 1.73. The predicted molar refractivity (Wildman–Crippen MR) is 85.6 cm³/mol. The molecule has 1 N–H and O–H groups in total. The van der Waals surface area contributed by atoms with Crippen LogP contribution in [0.15, 0.2) is 30.4 Å². The van der Waals surface area contributed by atoms with Gasteiger partial charge in [-0.2, -0.15) is 0 Å². The predicted octanol–water partition coefficient (Wildman–Crippen LogP) is 0.363. The van der Waals surface area contributed by atoms with Gasteiger partial charge in [-0.05, 0) is 24.0 Å². The molecule has 0 radical (unpaired) electrons. The Labute approximate surface area is 140 Å². The maximum Gasteiger partial charge on any atom is 0.256 e. The highest BCUT2D eigenvalue weighted by Gasteiger charge is 2.39. The van der Waals surface area contributed by atoms with Crippen molar-refractivity contribution in [2.45, 2.75) is 18.4 Å². The van der Waals surface area contributed by atoms with E-state index < -0.39 is 12.0 Å².